The molecule has 126 valence electrons. The molecule has 0 aliphatic carbocycles. The van der Waals surface area contributed by atoms with Crippen molar-refractivity contribution >= 4 is 21.8 Å². The van der Waals surface area contributed by atoms with E-state index in [2.05, 4.69) is 15.9 Å². The Morgan fingerprint density at radius 2 is 1.83 bits per heavy atom. The number of methoxy groups -OCH3 is 2. The van der Waals surface area contributed by atoms with Crippen LogP contribution in [0.1, 0.15) is 18.1 Å². The maximum atomic E-state index is 6.06. The van der Waals surface area contributed by atoms with Crippen LogP contribution >= 0.6 is 15.9 Å². The van der Waals surface area contributed by atoms with Crippen LogP contribution in [0.5, 0.6) is 17.2 Å². The number of amidine groups is 1. The van der Waals surface area contributed by atoms with Crippen LogP contribution in [0.4, 0.5) is 0 Å². The number of nitrogens with zero attached hydrogens (tertiary/aromatic N) is 1. The lowest BCUT2D eigenvalue weighted by atomic mass is 9.82. The van der Waals surface area contributed by atoms with Crippen molar-refractivity contribution in [1.29, 1.82) is 0 Å². The highest BCUT2D eigenvalue weighted by Crippen LogP contribution is 2.50. The Hall–Kier alpha value is -2.05. The summed E-state index contributed by atoms with van der Waals surface area (Å²) in [5.74, 6) is 2.65. The largest absolute Gasteiger partial charge is 0.497 e. The number of rotatable bonds is 4. The van der Waals surface area contributed by atoms with Crippen LogP contribution in [-0.4, -0.2) is 26.7 Å². The maximum Gasteiger partial charge on any atom is 0.133 e. The van der Waals surface area contributed by atoms with Crippen molar-refractivity contribution in [3.8, 4) is 17.2 Å². The van der Waals surface area contributed by atoms with E-state index in [0.29, 0.717) is 5.84 Å². The molecule has 0 amide bonds. The molecule has 0 bridgehead atoms. The van der Waals surface area contributed by atoms with E-state index in [1.807, 2.05) is 43.3 Å². The average molecular weight is 391 g/mol. The molecule has 0 saturated heterocycles. The fraction of sp³-hybridized carbons (Fsp3) is 0.278. The van der Waals surface area contributed by atoms with Crippen LogP contribution in [-0.2, 0) is 10.3 Å². The molecular formula is C18H19BrN2O3. The van der Waals surface area contributed by atoms with Gasteiger partial charge in [-0.25, -0.2) is 0 Å². The molecule has 2 aromatic carbocycles. The predicted octanol–water partition coefficient (Wildman–Crippen LogP) is 3.83. The first kappa shape index (κ1) is 16.8. The SMILES string of the molecule is COC/C(N)=N\[C@@]1(C)c2cc(Br)ccc2Oc2ccc(OC)cc21. The van der Waals surface area contributed by atoms with Gasteiger partial charge in [0.1, 0.15) is 35.2 Å². The number of fused-ring (bicyclic) bond motifs is 2. The summed E-state index contributed by atoms with van der Waals surface area (Å²) in [5.41, 5.74) is 7.18. The first-order valence-corrected chi connectivity index (χ1v) is 8.27. The molecule has 5 nitrogen and oxygen atoms in total. The molecule has 0 unspecified atom stereocenters. The van der Waals surface area contributed by atoms with Crippen molar-refractivity contribution in [2.24, 2.45) is 10.7 Å². The van der Waals surface area contributed by atoms with E-state index in [1.165, 1.54) is 0 Å². The van der Waals surface area contributed by atoms with Crippen molar-refractivity contribution in [2.45, 2.75) is 12.5 Å². The Kier molecular flexibility index (Phi) is 4.51. The highest BCUT2D eigenvalue weighted by molar-refractivity contribution is 9.10. The zero-order chi connectivity index (χ0) is 17.3. The van der Waals surface area contributed by atoms with Gasteiger partial charge in [0.15, 0.2) is 0 Å². The van der Waals surface area contributed by atoms with E-state index in [1.54, 1.807) is 14.2 Å². The number of hydrogen-bond donors (Lipinski definition) is 1. The monoisotopic (exact) mass is 390 g/mol. The van der Waals surface area contributed by atoms with E-state index >= 15 is 0 Å². The van der Waals surface area contributed by atoms with Gasteiger partial charge >= 0.3 is 0 Å². The Labute approximate surface area is 149 Å². The number of hydrogen-bond acceptors (Lipinski definition) is 4. The van der Waals surface area contributed by atoms with Gasteiger partial charge in [-0.2, -0.15) is 0 Å². The molecule has 2 aromatic rings. The van der Waals surface area contributed by atoms with Crippen molar-refractivity contribution in [1.82, 2.24) is 0 Å². The second kappa shape index (κ2) is 6.45. The number of nitrogens with two attached hydrogens (primary N) is 1. The van der Waals surface area contributed by atoms with Crippen LogP contribution < -0.4 is 15.2 Å². The zero-order valence-electron chi connectivity index (χ0n) is 13.8. The normalized spacial score (nSPS) is 19.2. The predicted molar refractivity (Wildman–Crippen MR) is 97.2 cm³/mol. The molecule has 0 spiro atoms. The summed E-state index contributed by atoms with van der Waals surface area (Å²) in [6.45, 7) is 2.28. The molecule has 1 heterocycles. The highest BCUT2D eigenvalue weighted by Gasteiger charge is 2.39. The number of benzene rings is 2. The van der Waals surface area contributed by atoms with E-state index in [-0.39, 0.29) is 6.61 Å². The van der Waals surface area contributed by atoms with Gasteiger partial charge in [0.2, 0.25) is 0 Å². The molecular weight excluding hydrogens is 372 g/mol. The van der Waals surface area contributed by atoms with Crippen LogP contribution in [0.2, 0.25) is 0 Å². The topological polar surface area (TPSA) is 66.1 Å². The Bertz CT molecular complexity index is 807. The summed E-state index contributed by atoms with van der Waals surface area (Å²) >= 11 is 3.52. The van der Waals surface area contributed by atoms with Crippen molar-refractivity contribution in [3.63, 3.8) is 0 Å². The molecule has 1 aliphatic rings. The van der Waals surface area contributed by atoms with Gasteiger partial charge in [0.25, 0.3) is 0 Å². The van der Waals surface area contributed by atoms with Crippen molar-refractivity contribution in [3.05, 3.63) is 52.0 Å². The third kappa shape index (κ3) is 2.87. The molecule has 2 N–H and O–H groups in total. The quantitative estimate of drug-likeness (QED) is 0.636. The average Bonchev–Trinajstić information content (AvgIpc) is 2.56. The summed E-state index contributed by atoms with van der Waals surface area (Å²) in [4.78, 5) is 4.77. The van der Waals surface area contributed by atoms with Crippen LogP contribution in [0.25, 0.3) is 0 Å². The van der Waals surface area contributed by atoms with Gasteiger partial charge in [-0.3, -0.25) is 4.99 Å². The lowest BCUT2D eigenvalue weighted by Gasteiger charge is -2.35. The molecule has 1 atom stereocenters. The van der Waals surface area contributed by atoms with Gasteiger partial charge in [-0.05, 0) is 43.3 Å². The first-order chi connectivity index (χ1) is 11.5. The van der Waals surface area contributed by atoms with Crippen LogP contribution in [0, 0.1) is 0 Å². The molecule has 1 aliphatic heterocycles. The second-order valence-electron chi connectivity index (χ2n) is 5.71. The fourth-order valence-corrected chi connectivity index (χ4v) is 3.29. The minimum Gasteiger partial charge on any atom is -0.497 e. The smallest absolute Gasteiger partial charge is 0.133 e. The third-order valence-corrected chi connectivity index (χ3v) is 4.55. The molecule has 6 heteroatoms. The minimum atomic E-state index is -0.705. The van der Waals surface area contributed by atoms with E-state index in [9.17, 15) is 0 Å². The third-order valence-electron chi connectivity index (χ3n) is 4.06. The van der Waals surface area contributed by atoms with Gasteiger partial charge in [-0.15, -0.1) is 0 Å². The summed E-state index contributed by atoms with van der Waals surface area (Å²) in [7, 11) is 3.23. The molecule has 0 saturated carbocycles. The van der Waals surface area contributed by atoms with Gasteiger partial charge < -0.3 is 19.9 Å². The Morgan fingerprint density at radius 3 is 2.50 bits per heavy atom. The molecule has 3 rings (SSSR count). The van der Waals surface area contributed by atoms with E-state index in [0.717, 1.165) is 32.8 Å². The minimum absolute atomic E-state index is 0.263. The number of ether oxygens (including phenoxy) is 3. The lowest BCUT2D eigenvalue weighted by Crippen LogP contribution is -2.31. The molecule has 24 heavy (non-hydrogen) atoms. The summed E-state index contributed by atoms with van der Waals surface area (Å²) in [5, 5.41) is 0. The maximum absolute atomic E-state index is 6.06. The van der Waals surface area contributed by atoms with E-state index in [4.69, 9.17) is 24.9 Å². The molecule has 0 fully saturated rings. The summed E-state index contributed by atoms with van der Waals surface area (Å²) in [6, 6.07) is 11.6. The van der Waals surface area contributed by atoms with Crippen molar-refractivity contribution in [2.75, 3.05) is 20.8 Å². The van der Waals surface area contributed by atoms with Crippen molar-refractivity contribution < 1.29 is 14.2 Å². The van der Waals surface area contributed by atoms with Gasteiger partial charge in [-0.1, -0.05) is 15.9 Å². The molecule has 0 radical (unpaired) electrons. The fourth-order valence-electron chi connectivity index (χ4n) is 2.93. The van der Waals surface area contributed by atoms with Crippen LogP contribution in [0.3, 0.4) is 0 Å². The number of halogens is 1. The number of aliphatic imine (C=N–C) groups is 1. The van der Waals surface area contributed by atoms with Gasteiger partial charge in [0, 0.05) is 22.7 Å². The zero-order valence-corrected chi connectivity index (χ0v) is 15.4. The first-order valence-electron chi connectivity index (χ1n) is 7.47. The van der Waals surface area contributed by atoms with Crippen LogP contribution in [0.15, 0.2) is 45.9 Å². The lowest BCUT2D eigenvalue weighted by molar-refractivity contribution is 0.243. The Morgan fingerprint density at radius 1 is 1.17 bits per heavy atom. The molecule has 0 aromatic heterocycles. The summed E-state index contributed by atoms with van der Waals surface area (Å²) in [6.07, 6.45) is 0. The highest BCUT2D eigenvalue weighted by atomic mass is 79.9. The second-order valence-corrected chi connectivity index (χ2v) is 6.63. The van der Waals surface area contributed by atoms with E-state index < -0.39 is 5.54 Å². The van der Waals surface area contributed by atoms with Gasteiger partial charge in [0.05, 0.1) is 7.11 Å². The standard InChI is InChI=1S/C18H19BrN2O3/c1-18(21-17(20)10-22-2)13-8-11(19)4-6-15(13)24-16-7-5-12(23-3)9-14(16)18/h4-9H,10H2,1-3H3,(H2,20,21)/t18-/m0/s1. The summed E-state index contributed by atoms with van der Waals surface area (Å²) < 4.78 is 17.5. The Balaban J connectivity index is 2.25.